The summed E-state index contributed by atoms with van der Waals surface area (Å²) in [6, 6.07) is 0. The number of nitrogens with zero attached hydrogens (tertiary/aromatic N) is 1. The molecule has 0 saturated heterocycles. The molecule has 0 spiro atoms. The summed E-state index contributed by atoms with van der Waals surface area (Å²) in [7, 11) is 1.41. The largest absolute Gasteiger partial charge is 0.756 e. The van der Waals surface area contributed by atoms with Crippen molar-refractivity contribution in [2.24, 2.45) is 0 Å². The summed E-state index contributed by atoms with van der Waals surface area (Å²) in [6.07, 6.45) is 19.4. The Morgan fingerprint density at radius 2 is 1.41 bits per heavy atom. The Morgan fingerprint density at radius 1 is 0.875 bits per heavy atom. The van der Waals surface area contributed by atoms with Crippen LogP contribution in [0.15, 0.2) is 12.3 Å². The van der Waals surface area contributed by atoms with E-state index < -0.39 is 13.9 Å². The third-order valence-electron chi connectivity index (χ3n) is 5.14. The van der Waals surface area contributed by atoms with Gasteiger partial charge in [-0.1, -0.05) is 77.6 Å². The van der Waals surface area contributed by atoms with Crippen LogP contribution in [-0.2, 0) is 18.3 Å². The van der Waals surface area contributed by atoms with E-state index in [1.807, 2.05) is 27.2 Å². The molecule has 32 heavy (non-hydrogen) atoms. The van der Waals surface area contributed by atoms with Crippen molar-refractivity contribution in [2.45, 2.75) is 96.5 Å². The molecule has 0 heterocycles. The Hall–Kier alpha value is -0.430. The topological polar surface area (TPSA) is 88.0 Å². The first kappa shape index (κ1) is 31.6. The van der Waals surface area contributed by atoms with Gasteiger partial charge in [-0.2, -0.15) is 0 Å². The van der Waals surface area contributed by atoms with Gasteiger partial charge >= 0.3 is 0 Å². The maximum Gasteiger partial charge on any atom is 0.268 e. The maximum absolute atomic E-state index is 11.7. The molecule has 0 rings (SSSR count). The fourth-order valence-electron chi connectivity index (χ4n) is 3.10. The van der Waals surface area contributed by atoms with E-state index in [4.69, 9.17) is 13.8 Å². The van der Waals surface area contributed by atoms with Crippen LogP contribution in [-0.4, -0.2) is 63.2 Å². The molecule has 0 radical (unpaired) electrons. The van der Waals surface area contributed by atoms with Crippen LogP contribution in [0.3, 0.4) is 0 Å². The molecule has 0 aliphatic rings. The lowest BCUT2D eigenvalue weighted by molar-refractivity contribution is -0.870. The number of hydrogen-bond acceptors (Lipinski definition) is 6. The first-order chi connectivity index (χ1) is 15.2. The van der Waals surface area contributed by atoms with E-state index in [9.17, 15) is 14.6 Å². The molecule has 0 bridgehead atoms. The van der Waals surface area contributed by atoms with Crippen molar-refractivity contribution in [3.05, 3.63) is 12.3 Å². The van der Waals surface area contributed by atoms with E-state index >= 15 is 0 Å². The summed E-state index contributed by atoms with van der Waals surface area (Å²) in [5.41, 5.74) is 0. The van der Waals surface area contributed by atoms with Crippen molar-refractivity contribution in [2.75, 3.05) is 47.5 Å². The number of ether oxygens (including phenoxy) is 1. The standard InChI is InChI=1S/C24H50NO6P/c1-5-6-7-8-9-10-11-12-13-14-15-16-17-18-20-29-22-24(26)23-31-32(27,28)30-21-19-25(2,3)4/h18,20,24,26H,5-17,19,21-23H2,1-4H3/b20-18-/t24-/m0/s1. The van der Waals surface area contributed by atoms with E-state index in [2.05, 4.69) is 6.92 Å². The summed E-state index contributed by atoms with van der Waals surface area (Å²) >= 11 is 0. The fourth-order valence-corrected chi connectivity index (χ4v) is 3.83. The van der Waals surface area contributed by atoms with Gasteiger partial charge in [0.2, 0.25) is 0 Å². The lowest BCUT2D eigenvalue weighted by atomic mass is 10.0. The van der Waals surface area contributed by atoms with Crippen molar-refractivity contribution in [1.82, 2.24) is 0 Å². The number of rotatable bonds is 23. The van der Waals surface area contributed by atoms with Crippen molar-refractivity contribution in [3.8, 4) is 0 Å². The van der Waals surface area contributed by atoms with Gasteiger partial charge in [0.25, 0.3) is 7.82 Å². The Morgan fingerprint density at radius 3 is 1.94 bits per heavy atom. The summed E-state index contributed by atoms with van der Waals surface area (Å²) < 4.78 is 27.0. The number of aliphatic hydroxyl groups is 1. The summed E-state index contributed by atoms with van der Waals surface area (Å²) in [5.74, 6) is 0. The number of quaternary nitrogens is 1. The van der Waals surface area contributed by atoms with E-state index in [0.717, 1.165) is 12.8 Å². The molecule has 0 amide bonds. The second-order valence-corrected chi connectivity index (χ2v) is 11.0. The van der Waals surface area contributed by atoms with Crippen LogP contribution in [0, 0.1) is 0 Å². The predicted molar refractivity (Wildman–Crippen MR) is 129 cm³/mol. The number of allylic oxidation sites excluding steroid dienone is 1. The molecule has 0 aromatic heterocycles. The van der Waals surface area contributed by atoms with Crippen LogP contribution < -0.4 is 4.89 Å². The molecule has 0 saturated carbocycles. The van der Waals surface area contributed by atoms with E-state index in [1.165, 1.54) is 70.6 Å². The zero-order valence-corrected chi connectivity index (χ0v) is 22.0. The summed E-state index contributed by atoms with van der Waals surface area (Å²) in [6.45, 7) is 2.43. The molecule has 1 unspecified atom stereocenters. The van der Waals surface area contributed by atoms with Crippen LogP contribution in [0.5, 0.6) is 0 Å². The number of phosphoric acid groups is 1. The average Bonchev–Trinajstić information content (AvgIpc) is 2.71. The Labute approximate surface area is 197 Å². The SMILES string of the molecule is CCCCCCCCCCCCCC/C=C\OC[C@H](O)COP(=O)([O-])OCC[N+](C)(C)C. The molecule has 8 heteroatoms. The highest BCUT2D eigenvalue weighted by Crippen LogP contribution is 2.38. The summed E-state index contributed by atoms with van der Waals surface area (Å²) in [4.78, 5) is 11.7. The van der Waals surface area contributed by atoms with E-state index in [1.54, 1.807) is 6.26 Å². The summed E-state index contributed by atoms with van der Waals surface area (Å²) in [5, 5.41) is 9.78. The van der Waals surface area contributed by atoms with Gasteiger partial charge in [-0.05, 0) is 18.9 Å². The Balaban J connectivity index is 3.50. The molecular formula is C24H50NO6P. The van der Waals surface area contributed by atoms with Crippen LogP contribution in [0.25, 0.3) is 0 Å². The van der Waals surface area contributed by atoms with Crippen LogP contribution in [0.2, 0.25) is 0 Å². The number of likely N-dealkylation sites (N-methyl/N-ethyl adjacent to an activating group) is 1. The van der Waals surface area contributed by atoms with Gasteiger partial charge in [0.1, 0.15) is 25.9 Å². The highest BCUT2D eigenvalue weighted by atomic mass is 31.2. The minimum Gasteiger partial charge on any atom is -0.756 e. The minimum atomic E-state index is -4.40. The van der Waals surface area contributed by atoms with Gasteiger partial charge in [-0.25, -0.2) is 0 Å². The number of phosphoric ester groups is 1. The van der Waals surface area contributed by atoms with Crippen LogP contribution >= 0.6 is 7.82 Å². The molecule has 0 fully saturated rings. The zero-order valence-electron chi connectivity index (χ0n) is 21.1. The third kappa shape index (κ3) is 24.2. The molecule has 7 nitrogen and oxygen atoms in total. The first-order valence-corrected chi connectivity index (χ1v) is 14.0. The number of unbranched alkanes of at least 4 members (excludes halogenated alkanes) is 12. The predicted octanol–water partition coefficient (Wildman–Crippen LogP) is 5.18. The normalized spacial score (nSPS) is 15.2. The zero-order chi connectivity index (χ0) is 24.1. The lowest BCUT2D eigenvalue weighted by Crippen LogP contribution is -2.37. The van der Waals surface area contributed by atoms with Crippen LogP contribution in [0.4, 0.5) is 0 Å². The average molecular weight is 480 g/mol. The molecular weight excluding hydrogens is 429 g/mol. The molecule has 0 aromatic rings. The van der Waals surface area contributed by atoms with Crippen molar-refractivity contribution >= 4 is 7.82 Å². The van der Waals surface area contributed by atoms with Crippen molar-refractivity contribution in [1.29, 1.82) is 0 Å². The fraction of sp³-hybridized carbons (Fsp3) is 0.917. The van der Waals surface area contributed by atoms with E-state index in [-0.39, 0.29) is 19.8 Å². The second-order valence-electron chi connectivity index (χ2n) is 9.63. The lowest BCUT2D eigenvalue weighted by Gasteiger charge is -2.27. The number of aliphatic hydroxyl groups excluding tert-OH is 1. The van der Waals surface area contributed by atoms with Crippen molar-refractivity contribution in [3.63, 3.8) is 0 Å². The highest BCUT2D eigenvalue weighted by molar-refractivity contribution is 7.45. The second kappa shape index (κ2) is 20.0. The minimum absolute atomic E-state index is 0.0200. The molecule has 0 aromatic carbocycles. The van der Waals surface area contributed by atoms with Gasteiger partial charge in [-0.15, -0.1) is 0 Å². The Kier molecular flexibility index (Phi) is 19.7. The number of hydrogen-bond donors (Lipinski definition) is 1. The monoisotopic (exact) mass is 479 g/mol. The quantitative estimate of drug-likeness (QED) is 0.0941. The smallest absolute Gasteiger partial charge is 0.268 e. The molecule has 2 atom stereocenters. The Bertz CT molecular complexity index is 495. The molecule has 1 N–H and O–H groups in total. The molecule has 0 aliphatic heterocycles. The molecule has 0 aliphatic carbocycles. The van der Waals surface area contributed by atoms with Gasteiger partial charge in [0, 0.05) is 0 Å². The van der Waals surface area contributed by atoms with Crippen molar-refractivity contribution < 1.29 is 32.8 Å². The first-order valence-electron chi connectivity index (χ1n) is 12.5. The van der Waals surface area contributed by atoms with Gasteiger partial charge in [0.05, 0.1) is 34.0 Å². The van der Waals surface area contributed by atoms with Gasteiger partial charge < -0.3 is 28.3 Å². The molecule has 192 valence electrons. The van der Waals surface area contributed by atoms with E-state index in [0.29, 0.717) is 11.0 Å². The van der Waals surface area contributed by atoms with Crippen LogP contribution in [0.1, 0.15) is 90.4 Å². The highest BCUT2D eigenvalue weighted by Gasteiger charge is 2.15. The van der Waals surface area contributed by atoms with Gasteiger partial charge in [0.15, 0.2) is 0 Å². The third-order valence-corrected chi connectivity index (χ3v) is 6.11. The maximum atomic E-state index is 11.7. The van der Waals surface area contributed by atoms with Gasteiger partial charge in [-0.3, -0.25) is 4.57 Å².